The van der Waals surface area contributed by atoms with E-state index in [0.29, 0.717) is 18.0 Å². The van der Waals surface area contributed by atoms with Gasteiger partial charge in [0.2, 0.25) is 5.82 Å². The highest BCUT2D eigenvalue weighted by Crippen LogP contribution is 2.33. The summed E-state index contributed by atoms with van der Waals surface area (Å²) in [6, 6.07) is 5.42. The molecule has 0 saturated heterocycles. The van der Waals surface area contributed by atoms with Gasteiger partial charge in [-0.15, -0.1) is 5.10 Å². The SMILES string of the molecule is O=C(c1n[nH]c(=O)[nH]1)N1CCc2c(Cl)cccc21. The van der Waals surface area contributed by atoms with Gasteiger partial charge in [-0.25, -0.2) is 9.89 Å². The molecule has 0 aliphatic carbocycles. The number of nitrogens with one attached hydrogen (secondary N) is 2. The van der Waals surface area contributed by atoms with Crippen LogP contribution in [-0.2, 0) is 6.42 Å². The quantitative estimate of drug-likeness (QED) is 0.805. The zero-order valence-electron chi connectivity index (χ0n) is 9.24. The number of carbonyl (C=O) groups is 1. The fourth-order valence-electron chi connectivity index (χ4n) is 2.10. The van der Waals surface area contributed by atoms with Crippen LogP contribution in [0.4, 0.5) is 5.69 Å². The predicted octanol–water partition coefficient (Wildman–Crippen LogP) is 0.954. The van der Waals surface area contributed by atoms with E-state index in [0.717, 1.165) is 11.3 Å². The van der Waals surface area contributed by atoms with Crippen LogP contribution in [0.25, 0.3) is 0 Å². The first-order valence-electron chi connectivity index (χ1n) is 5.41. The molecule has 2 heterocycles. The zero-order valence-corrected chi connectivity index (χ0v) is 9.99. The minimum atomic E-state index is -0.496. The Morgan fingerprint density at radius 2 is 2.28 bits per heavy atom. The zero-order chi connectivity index (χ0) is 12.7. The molecule has 2 aromatic rings. The summed E-state index contributed by atoms with van der Waals surface area (Å²) in [6.07, 6.45) is 0.704. The van der Waals surface area contributed by atoms with Crippen LogP contribution in [-0.4, -0.2) is 27.6 Å². The van der Waals surface area contributed by atoms with E-state index in [1.54, 1.807) is 17.0 Å². The number of aromatic amines is 2. The van der Waals surface area contributed by atoms with Crippen molar-refractivity contribution >= 4 is 23.2 Å². The van der Waals surface area contributed by atoms with Crippen molar-refractivity contribution in [2.45, 2.75) is 6.42 Å². The van der Waals surface area contributed by atoms with Gasteiger partial charge < -0.3 is 4.90 Å². The van der Waals surface area contributed by atoms with E-state index >= 15 is 0 Å². The first-order chi connectivity index (χ1) is 8.66. The standard InChI is InChI=1S/C11H9ClN4O2/c12-7-2-1-3-8-6(7)4-5-16(8)10(17)9-13-11(18)15-14-9/h1-3H,4-5H2,(H2,13,14,15,18). The molecule has 92 valence electrons. The normalized spacial score (nSPS) is 13.7. The Kier molecular flexibility index (Phi) is 2.45. The Balaban J connectivity index is 2.00. The van der Waals surface area contributed by atoms with Crippen LogP contribution in [0.5, 0.6) is 0 Å². The number of amides is 1. The minimum absolute atomic E-state index is 0.00725. The number of halogens is 1. The molecular weight excluding hydrogens is 256 g/mol. The van der Waals surface area contributed by atoms with Crippen molar-refractivity contribution in [3.8, 4) is 0 Å². The van der Waals surface area contributed by atoms with Gasteiger partial charge in [0.05, 0.1) is 0 Å². The molecule has 1 aromatic carbocycles. The molecule has 18 heavy (non-hydrogen) atoms. The van der Waals surface area contributed by atoms with E-state index < -0.39 is 5.69 Å². The van der Waals surface area contributed by atoms with Crippen molar-refractivity contribution < 1.29 is 4.79 Å². The second kappa shape index (κ2) is 3.99. The van der Waals surface area contributed by atoms with Gasteiger partial charge in [0.1, 0.15) is 0 Å². The molecule has 0 fully saturated rings. The molecule has 7 heteroatoms. The summed E-state index contributed by atoms with van der Waals surface area (Å²) in [6.45, 7) is 0.535. The lowest BCUT2D eigenvalue weighted by Crippen LogP contribution is -2.30. The van der Waals surface area contributed by atoms with Crippen molar-refractivity contribution in [1.82, 2.24) is 15.2 Å². The van der Waals surface area contributed by atoms with Crippen LogP contribution in [0.3, 0.4) is 0 Å². The molecule has 0 bridgehead atoms. The summed E-state index contributed by atoms with van der Waals surface area (Å²) in [5, 5.41) is 6.46. The molecule has 0 atom stereocenters. The first kappa shape index (κ1) is 11.0. The number of fused-ring (bicyclic) bond motifs is 1. The molecule has 1 aliphatic heterocycles. The van der Waals surface area contributed by atoms with Gasteiger partial charge in [-0.1, -0.05) is 17.7 Å². The van der Waals surface area contributed by atoms with E-state index in [1.165, 1.54) is 0 Å². The Morgan fingerprint density at radius 3 is 3.00 bits per heavy atom. The number of benzene rings is 1. The Bertz CT molecular complexity index is 676. The van der Waals surface area contributed by atoms with Gasteiger partial charge >= 0.3 is 5.69 Å². The molecule has 1 amide bonds. The molecule has 0 radical (unpaired) electrons. The molecule has 2 N–H and O–H groups in total. The maximum absolute atomic E-state index is 12.2. The topological polar surface area (TPSA) is 81.8 Å². The number of hydrogen-bond donors (Lipinski definition) is 2. The largest absolute Gasteiger partial charge is 0.341 e. The highest BCUT2D eigenvalue weighted by atomic mass is 35.5. The molecule has 0 spiro atoms. The molecule has 1 aliphatic rings. The highest BCUT2D eigenvalue weighted by Gasteiger charge is 2.28. The lowest BCUT2D eigenvalue weighted by atomic mass is 10.2. The van der Waals surface area contributed by atoms with Crippen molar-refractivity contribution in [3.63, 3.8) is 0 Å². The van der Waals surface area contributed by atoms with Crippen LogP contribution in [0.1, 0.15) is 16.2 Å². The maximum atomic E-state index is 12.2. The summed E-state index contributed by atoms with van der Waals surface area (Å²) in [5.74, 6) is -0.331. The van der Waals surface area contributed by atoms with Gasteiger partial charge in [-0.05, 0) is 24.1 Å². The second-order valence-corrected chi connectivity index (χ2v) is 4.38. The number of hydrogen-bond acceptors (Lipinski definition) is 3. The third-order valence-electron chi connectivity index (χ3n) is 2.92. The van der Waals surface area contributed by atoms with Gasteiger partial charge in [-0.2, -0.15) is 0 Å². The van der Waals surface area contributed by atoms with Crippen LogP contribution in [0.15, 0.2) is 23.0 Å². The van der Waals surface area contributed by atoms with Gasteiger partial charge in [0.25, 0.3) is 5.91 Å². The third-order valence-corrected chi connectivity index (χ3v) is 3.27. The van der Waals surface area contributed by atoms with Crippen LogP contribution >= 0.6 is 11.6 Å². The van der Waals surface area contributed by atoms with Gasteiger partial charge in [0, 0.05) is 17.3 Å². The summed E-state index contributed by atoms with van der Waals surface area (Å²) in [7, 11) is 0. The molecule has 6 nitrogen and oxygen atoms in total. The number of aromatic nitrogens is 3. The van der Waals surface area contributed by atoms with E-state index in [4.69, 9.17) is 11.6 Å². The van der Waals surface area contributed by atoms with Gasteiger partial charge in [0.15, 0.2) is 0 Å². The fourth-order valence-corrected chi connectivity index (χ4v) is 2.37. The fraction of sp³-hybridized carbons (Fsp3) is 0.182. The number of H-pyrrole nitrogens is 2. The van der Waals surface area contributed by atoms with Crippen molar-refractivity contribution in [2.75, 3.05) is 11.4 Å². The van der Waals surface area contributed by atoms with E-state index in [2.05, 4.69) is 15.2 Å². The number of anilines is 1. The average Bonchev–Trinajstić information content (AvgIpc) is 2.95. The Morgan fingerprint density at radius 1 is 1.44 bits per heavy atom. The van der Waals surface area contributed by atoms with E-state index in [-0.39, 0.29) is 11.7 Å². The summed E-state index contributed by atoms with van der Waals surface area (Å²) in [4.78, 5) is 27.0. The van der Waals surface area contributed by atoms with Crippen LogP contribution in [0.2, 0.25) is 5.02 Å². The van der Waals surface area contributed by atoms with E-state index in [1.807, 2.05) is 6.07 Å². The van der Waals surface area contributed by atoms with Crippen molar-refractivity contribution in [2.24, 2.45) is 0 Å². The van der Waals surface area contributed by atoms with Crippen LogP contribution < -0.4 is 10.6 Å². The summed E-state index contributed by atoms with van der Waals surface area (Å²) >= 11 is 6.07. The average molecular weight is 265 g/mol. The maximum Gasteiger partial charge on any atom is 0.341 e. The van der Waals surface area contributed by atoms with Crippen molar-refractivity contribution in [1.29, 1.82) is 0 Å². The first-order valence-corrected chi connectivity index (χ1v) is 5.78. The molecule has 0 unspecified atom stereocenters. The Labute approximate surface area is 107 Å². The predicted molar refractivity (Wildman–Crippen MR) is 66.0 cm³/mol. The van der Waals surface area contributed by atoms with Crippen LogP contribution in [0, 0.1) is 0 Å². The smallest absolute Gasteiger partial charge is 0.305 e. The molecule has 3 rings (SSSR count). The third kappa shape index (κ3) is 1.62. The Hall–Kier alpha value is -2.08. The highest BCUT2D eigenvalue weighted by molar-refractivity contribution is 6.32. The summed E-state index contributed by atoms with van der Waals surface area (Å²) < 4.78 is 0. The lowest BCUT2D eigenvalue weighted by molar-refractivity contribution is 0.0980. The second-order valence-electron chi connectivity index (χ2n) is 3.97. The lowest BCUT2D eigenvalue weighted by Gasteiger charge is -2.15. The minimum Gasteiger partial charge on any atom is -0.305 e. The molecule has 0 saturated carbocycles. The summed E-state index contributed by atoms with van der Waals surface area (Å²) in [5.41, 5.74) is 1.23. The van der Waals surface area contributed by atoms with Crippen molar-refractivity contribution in [3.05, 3.63) is 45.1 Å². The number of carbonyl (C=O) groups excluding carboxylic acids is 1. The van der Waals surface area contributed by atoms with E-state index in [9.17, 15) is 9.59 Å². The number of rotatable bonds is 1. The number of nitrogens with zero attached hydrogens (tertiary/aromatic N) is 2. The molecule has 1 aromatic heterocycles. The van der Waals surface area contributed by atoms with Gasteiger partial charge in [-0.3, -0.25) is 9.78 Å². The molecular formula is C11H9ClN4O2. The monoisotopic (exact) mass is 264 g/mol.